The molecule has 0 aliphatic rings. The third-order valence-corrected chi connectivity index (χ3v) is 5.34. The van der Waals surface area contributed by atoms with Crippen molar-refractivity contribution in [3.8, 4) is 0 Å². The molecule has 1 unspecified atom stereocenters. The highest BCUT2D eigenvalue weighted by Crippen LogP contribution is 2.18. The zero-order valence-corrected chi connectivity index (χ0v) is 12.2. The van der Waals surface area contributed by atoms with E-state index in [4.69, 9.17) is 0 Å². The quantitative estimate of drug-likeness (QED) is 0.826. The molecule has 0 fully saturated rings. The molecule has 17 heavy (non-hydrogen) atoms. The summed E-state index contributed by atoms with van der Waals surface area (Å²) in [6.07, 6.45) is 2.52. The number of rotatable bonds is 7. The van der Waals surface area contributed by atoms with Crippen LogP contribution >= 0.6 is 11.3 Å². The molecular formula is C11H20N2O2S2. The molecule has 4 nitrogen and oxygen atoms in total. The van der Waals surface area contributed by atoms with Crippen LogP contribution in [0.2, 0.25) is 0 Å². The van der Waals surface area contributed by atoms with Gasteiger partial charge in [-0.05, 0) is 20.3 Å². The molecule has 1 atom stereocenters. The van der Waals surface area contributed by atoms with Gasteiger partial charge in [-0.3, -0.25) is 0 Å². The number of nitrogens with zero attached hydrogens (tertiary/aromatic N) is 1. The molecule has 0 bridgehead atoms. The molecule has 0 aliphatic heterocycles. The normalized spacial score (nSPS) is 13.8. The molecule has 1 aromatic heterocycles. The molecule has 0 spiro atoms. The summed E-state index contributed by atoms with van der Waals surface area (Å²) >= 11 is 1.64. The van der Waals surface area contributed by atoms with Gasteiger partial charge >= 0.3 is 0 Å². The first-order valence-electron chi connectivity index (χ1n) is 5.80. The summed E-state index contributed by atoms with van der Waals surface area (Å²) in [5, 5.41) is 4.21. The summed E-state index contributed by atoms with van der Waals surface area (Å²) in [7, 11) is -2.88. The maximum atomic E-state index is 11.5. The van der Waals surface area contributed by atoms with E-state index in [1.807, 2.05) is 27.0 Å². The number of sulfone groups is 1. The molecule has 0 saturated carbocycles. The van der Waals surface area contributed by atoms with Crippen molar-refractivity contribution >= 4 is 21.2 Å². The molecule has 0 aliphatic carbocycles. The minimum Gasteiger partial charge on any atom is -0.307 e. The maximum Gasteiger partial charge on any atom is 0.151 e. The van der Waals surface area contributed by atoms with Crippen molar-refractivity contribution in [2.24, 2.45) is 0 Å². The summed E-state index contributed by atoms with van der Waals surface area (Å²) in [6, 6.07) is 0.116. The van der Waals surface area contributed by atoms with E-state index in [1.165, 1.54) is 4.88 Å². The second-order valence-corrected chi connectivity index (χ2v) is 7.71. The van der Waals surface area contributed by atoms with Crippen molar-refractivity contribution in [2.75, 3.05) is 18.1 Å². The molecule has 6 heteroatoms. The van der Waals surface area contributed by atoms with E-state index in [-0.39, 0.29) is 17.5 Å². The van der Waals surface area contributed by atoms with Crippen molar-refractivity contribution in [1.29, 1.82) is 0 Å². The maximum absolute atomic E-state index is 11.5. The Morgan fingerprint density at radius 1 is 1.47 bits per heavy atom. The predicted molar refractivity (Wildman–Crippen MR) is 72.2 cm³/mol. The van der Waals surface area contributed by atoms with Gasteiger partial charge in [0.2, 0.25) is 0 Å². The van der Waals surface area contributed by atoms with E-state index in [9.17, 15) is 8.42 Å². The fourth-order valence-electron chi connectivity index (χ4n) is 1.50. The Morgan fingerprint density at radius 2 is 2.18 bits per heavy atom. The summed E-state index contributed by atoms with van der Waals surface area (Å²) in [4.78, 5) is 5.45. The van der Waals surface area contributed by atoms with E-state index in [1.54, 1.807) is 11.3 Å². The fourth-order valence-corrected chi connectivity index (χ4v) is 3.56. The molecule has 1 aromatic rings. The van der Waals surface area contributed by atoms with Gasteiger partial charge in [-0.25, -0.2) is 13.4 Å². The highest BCUT2D eigenvalue weighted by Gasteiger charge is 2.12. The lowest BCUT2D eigenvalue weighted by Crippen LogP contribution is -2.26. The summed E-state index contributed by atoms with van der Waals surface area (Å²) in [6.45, 7) is 6.39. The van der Waals surface area contributed by atoms with Gasteiger partial charge in [-0.15, -0.1) is 11.3 Å². The van der Waals surface area contributed by atoms with Crippen molar-refractivity contribution < 1.29 is 8.42 Å². The molecule has 0 radical (unpaired) electrons. The molecule has 0 amide bonds. The first kappa shape index (κ1) is 14.6. The third-order valence-electron chi connectivity index (χ3n) is 2.39. The fraction of sp³-hybridized carbons (Fsp3) is 0.727. The molecule has 0 aromatic carbocycles. The van der Waals surface area contributed by atoms with Gasteiger partial charge in [0.15, 0.2) is 9.84 Å². The van der Waals surface area contributed by atoms with Crippen LogP contribution < -0.4 is 5.32 Å². The van der Waals surface area contributed by atoms with Crippen LogP contribution in [0.4, 0.5) is 0 Å². The predicted octanol–water partition coefficient (Wildman–Crippen LogP) is 1.93. The van der Waals surface area contributed by atoms with Gasteiger partial charge in [0.05, 0.1) is 11.8 Å². The van der Waals surface area contributed by atoms with Crippen molar-refractivity contribution in [1.82, 2.24) is 10.3 Å². The van der Waals surface area contributed by atoms with Crippen LogP contribution in [0.15, 0.2) is 6.20 Å². The standard InChI is InChI=1S/C11H20N2O2S2/c1-4-6-17(14,15)7-5-12-10(3)11-13-8-9(2)16-11/h8,10,12H,4-7H2,1-3H3. The monoisotopic (exact) mass is 276 g/mol. The summed E-state index contributed by atoms with van der Waals surface area (Å²) in [5.41, 5.74) is 0. The first-order chi connectivity index (χ1) is 7.94. The average Bonchev–Trinajstić information content (AvgIpc) is 2.64. The van der Waals surface area contributed by atoms with Gasteiger partial charge in [-0.1, -0.05) is 6.92 Å². The Balaban J connectivity index is 2.37. The number of nitrogens with one attached hydrogen (secondary N) is 1. The molecule has 98 valence electrons. The van der Waals surface area contributed by atoms with Crippen LogP contribution in [0.3, 0.4) is 0 Å². The zero-order valence-electron chi connectivity index (χ0n) is 10.6. The Hall–Kier alpha value is -0.460. The zero-order chi connectivity index (χ0) is 12.9. The smallest absolute Gasteiger partial charge is 0.151 e. The van der Waals surface area contributed by atoms with Gasteiger partial charge < -0.3 is 5.32 Å². The van der Waals surface area contributed by atoms with E-state index >= 15 is 0 Å². The second-order valence-electron chi connectivity index (χ2n) is 4.14. The number of hydrogen-bond acceptors (Lipinski definition) is 5. The van der Waals surface area contributed by atoms with E-state index in [0.717, 1.165) is 5.01 Å². The van der Waals surface area contributed by atoms with Crippen LogP contribution in [0, 0.1) is 6.92 Å². The molecule has 0 saturated heterocycles. The molecule has 1 rings (SSSR count). The SMILES string of the molecule is CCCS(=O)(=O)CCNC(C)c1ncc(C)s1. The van der Waals surface area contributed by atoms with Crippen LogP contribution in [-0.4, -0.2) is 31.5 Å². The lowest BCUT2D eigenvalue weighted by molar-refractivity contribution is 0.570. The van der Waals surface area contributed by atoms with Crippen LogP contribution in [0.5, 0.6) is 0 Å². The largest absolute Gasteiger partial charge is 0.307 e. The number of aromatic nitrogens is 1. The number of hydrogen-bond donors (Lipinski definition) is 1. The Kier molecular flexibility index (Phi) is 5.55. The molecular weight excluding hydrogens is 256 g/mol. The summed E-state index contributed by atoms with van der Waals surface area (Å²) < 4.78 is 23.0. The van der Waals surface area contributed by atoms with Crippen LogP contribution in [0.25, 0.3) is 0 Å². The van der Waals surface area contributed by atoms with Gasteiger partial charge in [0, 0.05) is 23.4 Å². The van der Waals surface area contributed by atoms with Crippen LogP contribution in [-0.2, 0) is 9.84 Å². The Labute approximate surface area is 107 Å². The summed E-state index contributed by atoms with van der Waals surface area (Å²) in [5.74, 6) is 0.481. The highest BCUT2D eigenvalue weighted by molar-refractivity contribution is 7.91. The number of aryl methyl sites for hydroxylation is 1. The highest BCUT2D eigenvalue weighted by atomic mass is 32.2. The molecule has 1 N–H and O–H groups in total. The number of thiazole rings is 1. The van der Waals surface area contributed by atoms with Gasteiger partial charge in [0.25, 0.3) is 0 Å². The van der Waals surface area contributed by atoms with E-state index < -0.39 is 9.84 Å². The Morgan fingerprint density at radius 3 is 2.71 bits per heavy atom. The molecule has 1 heterocycles. The third kappa shape index (κ3) is 5.14. The van der Waals surface area contributed by atoms with Crippen molar-refractivity contribution in [3.05, 3.63) is 16.1 Å². The van der Waals surface area contributed by atoms with Crippen molar-refractivity contribution in [3.63, 3.8) is 0 Å². The van der Waals surface area contributed by atoms with E-state index in [2.05, 4.69) is 10.3 Å². The van der Waals surface area contributed by atoms with E-state index in [0.29, 0.717) is 13.0 Å². The van der Waals surface area contributed by atoms with Gasteiger partial charge in [0.1, 0.15) is 5.01 Å². The lowest BCUT2D eigenvalue weighted by Gasteiger charge is -2.10. The average molecular weight is 276 g/mol. The Bertz CT molecular complexity index is 440. The lowest BCUT2D eigenvalue weighted by atomic mass is 10.3. The minimum absolute atomic E-state index is 0.116. The van der Waals surface area contributed by atoms with Crippen LogP contribution in [0.1, 0.15) is 36.2 Å². The first-order valence-corrected chi connectivity index (χ1v) is 8.44. The van der Waals surface area contributed by atoms with Gasteiger partial charge in [-0.2, -0.15) is 0 Å². The topological polar surface area (TPSA) is 59.1 Å². The minimum atomic E-state index is -2.88. The van der Waals surface area contributed by atoms with Crippen molar-refractivity contribution in [2.45, 2.75) is 33.2 Å². The second kappa shape index (κ2) is 6.47.